The van der Waals surface area contributed by atoms with Crippen LogP contribution in [0.3, 0.4) is 0 Å². The second-order valence-electron chi connectivity index (χ2n) is 6.83. The Balaban J connectivity index is 1.51. The molecule has 1 saturated heterocycles. The molecular weight excluding hydrogens is 450 g/mol. The first kappa shape index (κ1) is 20.8. The van der Waals surface area contributed by atoms with Crippen LogP contribution >= 0.6 is 34.9 Å². The highest BCUT2D eigenvalue weighted by Gasteiger charge is 2.54. The van der Waals surface area contributed by atoms with Gasteiger partial charge in [-0.2, -0.15) is 0 Å². The fourth-order valence-corrected chi connectivity index (χ4v) is 6.03. The van der Waals surface area contributed by atoms with Crippen LogP contribution in [0.15, 0.2) is 10.7 Å². The number of fused-ring (bicyclic) bond motifs is 1. The molecule has 4 rings (SSSR count). The number of thioether (sulfide) groups is 2. The van der Waals surface area contributed by atoms with Crippen molar-refractivity contribution in [2.75, 3.05) is 24.7 Å². The molecule has 0 aliphatic carbocycles. The predicted octanol–water partition coefficient (Wildman–Crippen LogP) is 0.311. The van der Waals surface area contributed by atoms with Gasteiger partial charge in [-0.05, 0) is 0 Å². The molecule has 1 fully saturated rings. The third-order valence-corrected chi connectivity index (χ3v) is 7.83. The highest BCUT2D eigenvalue weighted by Crippen LogP contribution is 2.44. The van der Waals surface area contributed by atoms with E-state index < -0.39 is 35.2 Å². The number of rotatable bonds is 6. The Morgan fingerprint density at radius 2 is 2.17 bits per heavy atom. The third-order valence-electron chi connectivity index (χ3n) is 4.64. The monoisotopic (exact) mass is 467 g/mol. The Morgan fingerprint density at radius 1 is 1.40 bits per heavy atom. The lowest BCUT2D eigenvalue weighted by Crippen LogP contribution is -2.70. The molecule has 30 heavy (non-hydrogen) atoms. The van der Waals surface area contributed by atoms with Crippen LogP contribution in [0.5, 0.6) is 0 Å². The largest absolute Gasteiger partial charge is 0.477 e. The SMILES string of the molecule is CN(C)c1nnc(C2=C(C(=O)O)N3C(=O)C(NC(=O)CC4N=CSC4=N)[C@@H]3SC2)s1. The number of carbonyl (C=O) groups excluding carboxylic acids is 2. The number of nitrogens with zero attached hydrogens (tertiary/aromatic N) is 5. The highest BCUT2D eigenvalue weighted by atomic mass is 32.2. The number of aliphatic carboxylic acids is 1. The van der Waals surface area contributed by atoms with Gasteiger partial charge in [0.15, 0.2) is 0 Å². The third kappa shape index (κ3) is 3.58. The van der Waals surface area contributed by atoms with Crippen LogP contribution < -0.4 is 10.2 Å². The molecule has 0 aromatic carbocycles. The Labute approximate surface area is 183 Å². The zero-order valence-electron chi connectivity index (χ0n) is 15.9. The molecule has 2 amide bonds. The van der Waals surface area contributed by atoms with E-state index in [0.717, 1.165) is 11.8 Å². The Kier molecular flexibility index (Phi) is 5.55. The first-order valence-electron chi connectivity index (χ1n) is 8.76. The first-order chi connectivity index (χ1) is 14.3. The fourth-order valence-electron chi connectivity index (χ4n) is 3.16. The zero-order valence-corrected chi connectivity index (χ0v) is 18.3. The van der Waals surface area contributed by atoms with Gasteiger partial charge in [-0.3, -0.25) is 24.9 Å². The second-order valence-corrected chi connectivity index (χ2v) is 9.78. The van der Waals surface area contributed by atoms with Crippen molar-refractivity contribution in [3.8, 4) is 0 Å². The molecular formula is C16H17N7O4S3. The molecule has 2 unspecified atom stereocenters. The maximum absolute atomic E-state index is 12.7. The minimum absolute atomic E-state index is 0.0194. The number of anilines is 1. The summed E-state index contributed by atoms with van der Waals surface area (Å²) in [5.41, 5.74) is 1.85. The van der Waals surface area contributed by atoms with Crippen molar-refractivity contribution >= 4 is 73.9 Å². The van der Waals surface area contributed by atoms with Crippen molar-refractivity contribution in [3.05, 3.63) is 10.7 Å². The van der Waals surface area contributed by atoms with E-state index in [1.165, 1.54) is 33.5 Å². The van der Waals surface area contributed by atoms with Crippen LogP contribution in [0.25, 0.3) is 5.57 Å². The molecule has 0 radical (unpaired) electrons. The van der Waals surface area contributed by atoms with Crippen molar-refractivity contribution in [1.82, 2.24) is 20.4 Å². The molecule has 0 spiro atoms. The maximum Gasteiger partial charge on any atom is 0.353 e. The molecule has 11 nitrogen and oxygen atoms in total. The minimum atomic E-state index is -1.22. The standard InChI is InChI=1S/C16H17N7O4S3/c1-22(2)16-21-20-12(30-16)6-4-28-14-9(13(25)23(14)10(6)15(26)27)19-8(24)3-7-11(17)29-5-18-7/h5,7,9,14,17H,3-4H2,1-2H3,(H,19,24)(H,26,27)/t7?,9?,14-/m0/s1. The number of carboxylic acids is 1. The molecule has 14 heteroatoms. The van der Waals surface area contributed by atoms with Crippen molar-refractivity contribution in [2.24, 2.45) is 4.99 Å². The summed E-state index contributed by atoms with van der Waals surface area (Å²) < 4.78 is 0. The van der Waals surface area contributed by atoms with E-state index in [1.54, 1.807) is 4.90 Å². The molecule has 1 aromatic rings. The number of β-lactam (4-membered cyclic amide) rings is 1. The molecule has 3 aliphatic heterocycles. The van der Waals surface area contributed by atoms with Crippen LogP contribution in [0.1, 0.15) is 11.4 Å². The summed E-state index contributed by atoms with van der Waals surface area (Å²) in [6.45, 7) is 0. The van der Waals surface area contributed by atoms with E-state index in [-0.39, 0.29) is 17.2 Å². The van der Waals surface area contributed by atoms with E-state index >= 15 is 0 Å². The van der Waals surface area contributed by atoms with Crippen LogP contribution in [0.4, 0.5) is 5.13 Å². The van der Waals surface area contributed by atoms with Gasteiger partial charge in [-0.25, -0.2) is 4.79 Å². The summed E-state index contributed by atoms with van der Waals surface area (Å²) >= 11 is 3.78. The molecule has 3 N–H and O–H groups in total. The number of aliphatic imine (C=N–C) groups is 1. The van der Waals surface area contributed by atoms with Crippen molar-refractivity contribution < 1.29 is 19.5 Å². The molecule has 158 valence electrons. The van der Waals surface area contributed by atoms with Crippen LogP contribution in [-0.4, -0.2) is 85.9 Å². The number of amides is 2. The summed E-state index contributed by atoms with van der Waals surface area (Å²) in [7, 11) is 3.62. The lowest BCUT2D eigenvalue weighted by molar-refractivity contribution is -0.150. The maximum atomic E-state index is 12.7. The highest BCUT2D eigenvalue weighted by molar-refractivity contribution is 8.25. The van der Waals surface area contributed by atoms with E-state index in [1.807, 2.05) is 14.1 Å². The Hall–Kier alpha value is -2.45. The number of carbonyl (C=O) groups is 3. The average molecular weight is 468 g/mol. The van der Waals surface area contributed by atoms with Gasteiger partial charge in [-0.1, -0.05) is 23.1 Å². The average Bonchev–Trinajstić information content (AvgIpc) is 3.34. The number of nitrogens with one attached hydrogen (secondary N) is 2. The number of hydrogen-bond donors (Lipinski definition) is 3. The van der Waals surface area contributed by atoms with Gasteiger partial charge >= 0.3 is 5.97 Å². The summed E-state index contributed by atoms with van der Waals surface area (Å²) in [6, 6.07) is -1.33. The molecule has 3 atom stereocenters. The normalized spacial score (nSPS) is 25.3. The molecule has 3 aliphatic rings. The van der Waals surface area contributed by atoms with Gasteiger partial charge in [0.2, 0.25) is 11.0 Å². The van der Waals surface area contributed by atoms with E-state index in [2.05, 4.69) is 20.5 Å². The van der Waals surface area contributed by atoms with Gasteiger partial charge in [0.1, 0.15) is 28.2 Å². The molecule has 4 heterocycles. The van der Waals surface area contributed by atoms with Gasteiger partial charge in [-0.15, -0.1) is 22.0 Å². The lowest BCUT2D eigenvalue weighted by Gasteiger charge is -2.49. The fraction of sp³-hybridized carbons (Fsp3) is 0.438. The first-order valence-corrected chi connectivity index (χ1v) is 11.5. The number of hydrogen-bond acceptors (Lipinski definition) is 11. The summed E-state index contributed by atoms with van der Waals surface area (Å²) in [4.78, 5) is 44.0. The van der Waals surface area contributed by atoms with Gasteiger partial charge < -0.3 is 15.3 Å². The second kappa shape index (κ2) is 8.00. The summed E-state index contributed by atoms with van der Waals surface area (Å²) in [6.07, 6.45) is -0.0194. The van der Waals surface area contributed by atoms with Crippen LogP contribution in [0, 0.1) is 5.41 Å². The van der Waals surface area contributed by atoms with Gasteiger partial charge in [0.05, 0.1) is 17.0 Å². The number of carboxylic acid groups (broad SMARTS) is 1. The predicted molar refractivity (Wildman–Crippen MR) is 116 cm³/mol. The molecule has 0 bridgehead atoms. The number of aromatic nitrogens is 2. The molecule has 1 aromatic heterocycles. The van der Waals surface area contributed by atoms with E-state index in [4.69, 9.17) is 5.41 Å². The quantitative estimate of drug-likeness (QED) is 0.502. The van der Waals surface area contributed by atoms with E-state index in [9.17, 15) is 19.5 Å². The topological polar surface area (TPSA) is 152 Å². The molecule has 0 saturated carbocycles. The van der Waals surface area contributed by atoms with Crippen LogP contribution in [0.2, 0.25) is 0 Å². The van der Waals surface area contributed by atoms with E-state index in [0.29, 0.717) is 21.5 Å². The smallest absolute Gasteiger partial charge is 0.353 e. The van der Waals surface area contributed by atoms with Crippen molar-refractivity contribution in [3.63, 3.8) is 0 Å². The summed E-state index contributed by atoms with van der Waals surface area (Å²) in [5, 5.41) is 29.2. The Bertz CT molecular complexity index is 1000. The van der Waals surface area contributed by atoms with Crippen molar-refractivity contribution in [1.29, 1.82) is 5.41 Å². The van der Waals surface area contributed by atoms with Gasteiger partial charge in [0.25, 0.3) is 5.91 Å². The zero-order chi connectivity index (χ0) is 21.6. The van der Waals surface area contributed by atoms with Gasteiger partial charge in [0, 0.05) is 25.4 Å². The Morgan fingerprint density at radius 3 is 2.77 bits per heavy atom. The minimum Gasteiger partial charge on any atom is -0.477 e. The van der Waals surface area contributed by atoms with Crippen LogP contribution in [-0.2, 0) is 14.4 Å². The summed E-state index contributed by atoms with van der Waals surface area (Å²) in [5.74, 6) is -1.76. The lowest BCUT2D eigenvalue weighted by atomic mass is 10.0. The van der Waals surface area contributed by atoms with Crippen molar-refractivity contribution in [2.45, 2.75) is 23.9 Å².